The lowest BCUT2D eigenvalue weighted by molar-refractivity contribution is -0.139. The van der Waals surface area contributed by atoms with Crippen molar-refractivity contribution in [2.75, 3.05) is 0 Å². The molecule has 0 saturated carbocycles. The maximum atomic E-state index is 11.3. The molecule has 1 aliphatic carbocycles. The van der Waals surface area contributed by atoms with Gasteiger partial charge in [-0.2, -0.15) is 5.10 Å². The highest BCUT2D eigenvalue weighted by atomic mass is 32.1. The SMILES string of the molecule is Cc1nn(C)cc1-c1nc2c(s1)CCCC2C(=O)O. The first-order chi connectivity index (χ1) is 9.06. The zero-order valence-corrected chi connectivity index (χ0v) is 11.7. The van der Waals surface area contributed by atoms with Crippen molar-refractivity contribution in [1.29, 1.82) is 0 Å². The van der Waals surface area contributed by atoms with Crippen LogP contribution in [-0.4, -0.2) is 25.8 Å². The average Bonchev–Trinajstić information content (AvgIpc) is 2.91. The van der Waals surface area contributed by atoms with Crippen LogP contribution in [0.4, 0.5) is 0 Å². The van der Waals surface area contributed by atoms with E-state index in [-0.39, 0.29) is 0 Å². The molecule has 1 aliphatic rings. The molecule has 2 aromatic rings. The maximum Gasteiger partial charge on any atom is 0.312 e. The first-order valence-electron chi connectivity index (χ1n) is 6.29. The summed E-state index contributed by atoms with van der Waals surface area (Å²) < 4.78 is 1.76. The van der Waals surface area contributed by atoms with Crippen LogP contribution in [-0.2, 0) is 18.3 Å². The summed E-state index contributed by atoms with van der Waals surface area (Å²) in [6.07, 6.45) is 4.50. The second kappa shape index (κ2) is 4.45. The standard InChI is InChI=1S/C13H15N3O2S/c1-7-9(6-16(2)15-7)12-14-11-8(13(17)18)4-3-5-10(11)19-12/h6,8H,3-5H2,1-2H3,(H,17,18). The number of carboxylic acid groups (broad SMARTS) is 1. The normalized spacial score (nSPS) is 18.3. The fourth-order valence-electron chi connectivity index (χ4n) is 2.58. The van der Waals surface area contributed by atoms with E-state index in [1.165, 1.54) is 0 Å². The van der Waals surface area contributed by atoms with Gasteiger partial charge in [-0.15, -0.1) is 11.3 Å². The van der Waals surface area contributed by atoms with Gasteiger partial charge in [0.1, 0.15) is 5.01 Å². The Morgan fingerprint density at radius 2 is 2.37 bits per heavy atom. The van der Waals surface area contributed by atoms with Gasteiger partial charge in [-0.1, -0.05) is 0 Å². The van der Waals surface area contributed by atoms with Crippen molar-refractivity contribution in [3.63, 3.8) is 0 Å². The molecule has 0 saturated heterocycles. The zero-order chi connectivity index (χ0) is 13.6. The topological polar surface area (TPSA) is 68.0 Å². The van der Waals surface area contributed by atoms with Gasteiger partial charge in [-0.3, -0.25) is 9.48 Å². The fraction of sp³-hybridized carbons (Fsp3) is 0.462. The molecule has 19 heavy (non-hydrogen) atoms. The number of aromatic nitrogens is 3. The summed E-state index contributed by atoms with van der Waals surface area (Å²) in [6, 6.07) is 0. The van der Waals surface area contributed by atoms with E-state index in [0.717, 1.165) is 39.7 Å². The fourth-order valence-corrected chi connectivity index (χ4v) is 3.81. The van der Waals surface area contributed by atoms with Crippen molar-refractivity contribution in [1.82, 2.24) is 14.8 Å². The molecule has 2 heterocycles. The van der Waals surface area contributed by atoms with Gasteiger partial charge in [-0.25, -0.2) is 4.98 Å². The highest BCUT2D eigenvalue weighted by Crippen LogP contribution is 2.38. The third-order valence-corrected chi connectivity index (χ3v) is 4.66. The number of aliphatic carboxylic acids is 1. The van der Waals surface area contributed by atoms with Gasteiger partial charge in [0, 0.05) is 18.1 Å². The molecule has 0 aromatic carbocycles. The summed E-state index contributed by atoms with van der Waals surface area (Å²) in [5.74, 6) is -1.20. The lowest BCUT2D eigenvalue weighted by Crippen LogP contribution is -2.17. The third-order valence-electron chi connectivity index (χ3n) is 3.50. The van der Waals surface area contributed by atoms with Gasteiger partial charge in [-0.05, 0) is 26.2 Å². The van der Waals surface area contributed by atoms with Gasteiger partial charge >= 0.3 is 5.97 Å². The first kappa shape index (κ1) is 12.3. The van der Waals surface area contributed by atoms with Crippen molar-refractivity contribution in [3.8, 4) is 10.6 Å². The Bertz CT molecular complexity index is 644. The molecule has 1 unspecified atom stereocenters. The Morgan fingerprint density at radius 1 is 1.58 bits per heavy atom. The molecule has 0 aliphatic heterocycles. The molecule has 0 spiro atoms. The molecule has 100 valence electrons. The van der Waals surface area contributed by atoms with Crippen LogP contribution in [0, 0.1) is 6.92 Å². The number of nitrogens with zero attached hydrogens (tertiary/aromatic N) is 3. The van der Waals surface area contributed by atoms with Gasteiger partial charge in [0.2, 0.25) is 0 Å². The lowest BCUT2D eigenvalue weighted by atomic mass is 9.91. The largest absolute Gasteiger partial charge is 0.481 e. The summed E-state index contributed by atoms with van der Waals surface area (Å²) in [7, 11) is 1.88. The lowest BCUT2D eigenvalue weighted by Gasteiger charge is -2.16. The van der Waals surface area contributed by atoms with E-state index < -0.39 is 11.9 Å². The molecule has 6 heteroatoms. The summed E-state index contributed by atoms with van der Waals surface area (Å²) in [6.45, 7) is 1.95. The van der Waals surface area contributed by atoms with E-state index in [1.54, 1.807) is 16.0 Å². The number of carboxylic acids is 1. The zero-order valence-electron chi connectivity index (χ0n) is 10.9. The van der Waals surface area contributed by atoms with E-state index in [2.05, 4.69) is 10.1 Å². The molecule has 5 nitrogen and oxygen atoms in total. The van der Waals surface area contributed by atoms with Crippen LogP contribution >= 0.6 is 11.3 Å². The molecular weight excluding hydrogens is 262 g/mol. The number of fused-ring (bicyclic) bond motifs is 1. The van der Waals surface area contributed by atoms with E-state index in [0.29, 0.717) is 6.42 Å². The van der Waals surface area contributed by atoms with Gasteiger partial charge < -0.3 is 5.11 Å². The number of carbonyl (C=O) groups is 1. The summed E-state index contributed by atoms with van der Waals surface area (Å²) in [5, 5.41) is 14.5. The molecule has 0 radical (unpaired) electrons. The smallest absolute Gasteiger partial charge is 0.312 e. The molecular formula is C13H15N3O2S. The van der Waals surface area contributed by atoms with Crippen molar-refractivity contribution in [2.24, 2.45) is 7.05 Å². The minimum atomic E-state index is -0.763. The predicted molar refractivity (Wildman–Crippen MR) is 72.4 cm³/mol. The van der Waals surface area contributed by atoms with Crippen LogP contribution < -0.4 is 0 Å². The van der Waals surface area contributed by atoms with Gasteiger partial charge in [0.05, 0.1) is 22.9 Å². The molecule has 0 bridgehead atoms. The number of thiazole rings is 1. The van der Waals surface area contributed by atoms with Crippen LogP contribution in [0.2, 0.25) is 0 Å². The summed E-state index contributed by atoms with van der Waals surface area (Å²) in [5.41, 5.74) is 2.70. The van der Waals surface area contributed by atoms with E-state index in [4.69, 9.17) is 0 Å². The predicted octanol–water partition coefficient (Wildman–Crippen LogP) is 2.36. The number of rotatable bonds is 2. The second-order valence-electron chi connectivity index (χ2n) is 4.91. The van der Waals surface area contributed by atoms with E-state index in [1.807, 2.05) is 20.2 Å². The van der Waals surface area contributed by atoms with Crippen LogP contribution in [0.1, 0.15) is 35.0 Å². The molecule has 3 rings (SSSR count). The van der Waals surface area contributed by atoms with Crippen LogP contribution in [0.5, 0.6) is 0 Å². The Morgan fingerprint density at radius 3 is 3.00 bits per heavy atom. The Kier molecular flexibility index (Phi) is 2.89. The second-order valence-corrected chi connectivity index (χ2v) is 6.00. The average molecular weight is 277 g/mol. The molecule has 2 aromatic heterocycles. The third kappa shape index (κ3) is 2.06. The molecule has 1 atom stereocenters. The molecule has 1 N–H and O–H groups in total. The Labute approximate surface area is 114 Å². The Balaban J connectivity index is 2.07. The quantitative estimate of drug-likeness (QED) is 0.915. The van der Waals surface area contributed by atoms with Crippen molar-refractivity contribution < 1.29 is 9.90 Å². The highest BCUT2D eigenvalue weighted by molar-refractivity contribution is 7.15. The van der Waals surface area contributed by atoms with E-state index in [9.17, 15) is 9.90 Å². The first-order valence-corrected chi connectivity index (χ1v) is 7.11. The minimum absolute atomic E-state index is 0.439. The monoisotopic (exact) mass is 277 g/mol. The Hall–Kier alpha value is -1.69. The van der Waals surface area contributed by atoms with Gasteiger partial charge in [0.15, 0.2) is 0 Å². The van der Waals surface area contributed by atoms with Crippen LogP contribution in [0.3, 0.4) is 0 Å². The number of hydrogen-bond donors (Lipinski definition) is 1. The van der Waals surface area contributed by atoms with Crippen LogP contribution in [0.25, 0.3) is 10.6 Å². The summed E-state index contributed by atoms with van der Waals surface area (Å²) in [4.78, 5) is 17.0. The van der Waals surface area contributed by atoms with Crippen molar-refractivity contribution >= 4 is 17.3 Å². The van der Waals surface area contributed by atoms with Gasteiger partial charge in [0.25, 0.3) is 0 Å². The number of aryl methyl sites for hydroxylation is 3. The summed E-state index contributed by atoms with van der Waals surface area (Å²) >= 11 is 1.61. The van der Waals surface area contributed by atoms with Crippen molar-refractivity contribution in [2.45, 2.75) is 32.1 Å². The molecule has 0 amide bonds. The molecule has 0 fully saturated rings. The number of hydrogen-bond acceptors (Lipinski definition) is 4. The van der Waals surface area contributed by atoms with Crippen LogP contribution in [0.15, 0.2) is 6.20 Å². The van der Waals surface area contributed by atoms with E-state index >= 15 is 0 Å². The maximum absolute atomic E-state index is 11.3. The highest BCUT2D eigenvalue weighted by Gasteiger charge is 2.30. The van der Waals surface area contributed by atoms with Crippen molar-refractivity contribution in [3.05, 3.63) is 22.5 Å². The minimum Gasteiger partial charge on any atom is -0.481 e.